The summed E-state index contributed by atoms with van der Waals surface area (Å²) in [6.07, 6.45) is 0. The van der Waals surface area contributed by atoms with E-state index in [-0.39, 0.29) is 5.78 Å². The molecule has 84 valence electrons. The third-order valence-corrected chi connectivity index (χ3v) is 3.61. The lowest BCUT2D eigenvalue weighted by Gasteiger charge is -2.20. The zero-order valence-corrected chi connectivity index (χ0v) is 9.75. The van der Waals surface area contributed by atoms with E-state index in [1.807, 2.05) is 18.2 Å². The first-order valence-electron chi connectivity index (χ1n) is 5.16. The van der Waals surface area contributed by atoms with E-state index in [9.17, 15) is 9.59 Å². The van der Waals surface area contributed by atoms with Crippen LogP contribution in [0.2, 0.25) is 0 Å². The first-order valence-corrected chi connectivity index (χ1v) is 6.15. The standard InChI is InChI=1S/C12H12O3S/c1-2-15-12(14)9-7-16-10-6-4-3-5-8(10)11(9)13/h3-6,9H,2,7H2,1H3/t9-/m1/s1. The van der Waals surface area contributed by atoms with Gasteiger partial charge in [-0.3, -0.25) is 9.59 Å². The summed E-state index contributed by atoms with van der Waals surface area (Å²) in [6, 6.07) is 7.37. The molecular formula is C12H12O3S. The van der Waals surface area contributed by atoms with Gasteiger partial charge in [0.15, 0.2) is 5.78 Å². The first kappa shape index (κ1) is 11.2. The molecule has 0 saturated heterocycles. The van der Waals surface area contributed by atoms with E-state index in [0.29, 0.717) is 17.9 Å². The van der Waals surface area contributed by atoms with Gasteiger partial charge in [-0.1, -0.05) is 18.2 Å². The van der Waals surface area contributed by atoms with Crippen molar-refractivity contribution in [1.82, 2.24) is 0 Å². The lowest BCUT2D eigenvalue weighted by atomic mass is 9.99. The highest BCUT2D eigenvalue weighted by Gasteiger charge is 2.34. The summed E-state index contributed by atoms with van der Waals surface area (Å²) in [7, 11) is 0. The summed E-state index contributed by atoms with van der Waals surface area (Å²) >= 11 is 1.53. The van der Waals surface area contributed by atoms with Gasteiger partial charge in [-0.15, -0.1) is 11.8 Å². The van der Waals surface area contributed by atoms with Crippen molar-refractivity contribution in [2.75, 3.05) is 12.4 Å². The molecule has 16 heavy (non-hydrogen) atoms. The zero-order chi connectivity index (χ0) is 11.5. The zero-order valence-electron chi connectivity index (χ0n) is 8.93. The number of thioether (sulfide) groups is 1. The Morgan fingerprint density at radius 2 is 2.25 bits per heavy atom. The molecule has 0 radical (unpaired) electrons. The number of ketones is 1. The smallest absolute Gasteiger partial charge is 0.317 e. The van der Waals surface area contributed by atoms with Crippen LogP contribution in [0.1, 0.15) is 17.3 Å². The van der Waals surface area contributed by atoms with E-state index in [4.69, 9.17) is 4.74 Å². The van der Waals surface area contributed by atoms with E-state index in [1.165, 1.54) is 11.8 Å². The highest BCUT2D eigenvalue weighted by atomic mass is 32.2. The second kappa shape index (κ2) is 4.70. The molecule has 0 aliphatic carbocycles. The van der Waals surface area contributed by atoms with Crippen molar-refractivity contribution in [3.63, 3.8) is 0 Å². The molecule has 3 nitrogen and oxygen atoms in total. The molecule has 0 amide bonds. The van der Waals surface area contributed by atoms with E-state index >= 15 is 0 Å². The van der Waals surface area contributed by atoms with Gasteiger partial charge in [0, 0.05) is 16.2 Å². The predicted molar refractivity (Wildman–Crippen MR) is 61.6 cm³/mol. The maximum atomic E-state index is 12.0. The lowest BCUT2D eigenvalue weighted by molar-refractivity contribution is -0.145. The molecule has 1 aliphatic heterocycles. The number of ether oxygens (including phenoxy) is 1. The summed E-state index contributed by atoms with van der Waals surface area (Å²) < 4.78 is 4.89. The van der Waals surface area contributed by atoms with Crippen molar-refractivity contribution in [2.45, 2.75) is 11.8 Å². The monoisotopic (exact) mass is 236 g/mol. The molecule has 1 atom stereocenters. The highest BCUT2D eigenvalue weighted by molar-refractivity contribution is 7.99. The summed E-state index contributed by atoms with van der Waals surface area (Å²) in [5.41, 5.74) is 0.636. The molecule has 0 fully saturated rings. The Hall–Kier alpha value is -1.29. The van der Waals surface area contributed by atoms with Gasteiger partial charge in [-0.25, -0.2) is 0 Å². The van der Waals surface area contributed by atoms with Crippen molar-refractivity contribution in [1.29, 1.82) is 0 Å². The lowest BCUT2D eigenvalue weighted by Crippen LogP contribution is -2.31. The largest absolute Gasteiger partial charge is 0.465 e. The highest BCUT2D eigenvalue weighted by Crippen LogP contribution is 2.33. The minimum atomic E-state index is -0.639. The number of fused-ring (bicyclic) bond motifs is 1. The van der Waals surface area contributed by atoms with Gasteiger partial charge >= 0.3 is 5.97 Å². The summed E-state index contributed by atoms with van der Waals surface area (Å²) in [5.74, 6) is -0.684. The van der Waals surface area contributed by atoms with Crippen molar-refractivity contribution >= 4 is 23.5 Å². The molecule has 2 rings (SSSR count). The van der Waals surface area contributed by atoms with E-state index in [2.05, 4.69) is 0 Å². The van der Waals surface area contributed by atoms with E-state index in [0.717, 1.165) is 4.90 Å². The Balaban J connectivity index is 2.24. The molecule has 0 spiro atoms. The average molecular weight is 236 g/mol. The molecule has 1 aromatic carbocycles. The summed E-state index contributed by atoms with van der Waals surface area (Å²) in [5, 5.41) is 0. The molecule has 0 bridgehead atoms. The second-order valence-electron chi connectivity index (χ2n) is 3.48. The van der Waals surface area contributed by atoms with Crippen LogP contribution in [0.4, 0.5) is 0 Å². The van der Waals surface area contributed by atoms with Gasteiger partial charge in [-0.2, -0.15) is 0 Å². The Morgan fingerprint density at radius 1 is 1.50 bits per heavy atom. The average Bonchev–Trinajstić information content (AvgIpc) is 2.30. The van der Waals surface area contributed by atoms with Crippen molar-refractivity contribution in [3.05, 3.63) is 29.8 Å². The third-order valence-electron chi connectivity index (χ3n) is 2.45. The maximum Gasteiger partial charge on any atom is 0.317 e. The molecule has 1 aromatic rings. The fraction of sp³-hybridized carbons (Fsp3) is 0.333. The van der Waals surface area contributed by atoms with Crippen LogP contribution in [0, 0.1) is 5.92 Å². The molecule has 0 N–H and O–H groups in total. The summed E-state index contributed by atoms with van der Waals surface area (Å²) in [4.78, 5) is 24.5. The minimum absolute atomic E-state index is 0.118. The Kier molecular flexibility index (Phi) is 3.29. The Morgan fingerprint density at radius 3 is 3.00 bits per heavy atom. The molecular weight excluding hydrogens is 224 g/mol. The van der Waals surface area contributed by atoms with Gasteiger partial charge < -0.3 is 4.74 Å². The topological polar surface area (TPSA) is 43.4 Å². The molecule has 1 aliphatic rings. The van der Waals surface area contributed by atoms with Gasteiger partial charge in [0.25, 0.3) is 0 Å². The third kappa shape index (κ3) is 1.97. The molecule has 1 heterocycles. The first-order chi connectivity index (χ1) is 7.74. The Bertz CT molecular complexity index is 428. The number of benzene rings is 1. The molecule has 0 saturated carbocycles. The van der Waals surface area contributed by atoms with Crippen LogP contribution < -0.4 is 0 Å². The summed E-state index contributed by atoms with van der Waals surface area (Å²) in [6.45, 7) is 2.06. The van der Waals surface area contributed by atoms with Crippen LogP contribution in [0.3, 0.4) is 0 Å². The SMILES string of the molecule is CCOC(=O)[C@@H]1CSc2ccccc2C1=O. The van der Waals surface area contributed by atoms with Crippen LogP contribution in [0.15, 0.2) is 29.2 Å². The van der Waals surface area contributed by atoms with Gasteiger partial charge in [0.05, 0.1) is 6.61 Å². The Labute approximate surface area is 98.2 Å². The normalized spacial score (nSPS) is 19.1. The fourth-order valence-corrected chi connectivity index (χ4v) is 2.78. The second-order valence-corrected chi connectivity index (χ2v) is 4.54. The number of esters is 1. The van der Waals surface area contributed by atoms with Crippen LogP contribution in [0.25, 0.3) is 0 Å². The van der Waals surface area contributed by atoms with Gasteiger partial charge in [0.1, 0.15) is 5.92 Å². The van der Waals surface area contributed by atoms with Crippen LogP contribution in [-0.2, 0) is 9.53 Å². The minimum Gasteiger partial charge on any atom is -0.465 e. The van der Waals surface area contributed by atoms with Crippen molar-refractivity contribution < 1.29 is 14.3 Å². The van der Waals surface area contributed by atoms with Crippen molar-refractivity contribution in [3.8, 4) is 0 Å². The van der Waals surface area contributed by atoms with Crippen LogP contribution >= 0.6 is 11.8 Å². The van der Waals surface area contributed by atoms with Crippen molar-refractivity contribution in [2.24, 2.45) is 5.92 Å². The number of hydrogen-bond acceptors (Lipinski definition) is 4. The molecule has 4 heteroatoms. The number of carbonyl (C=O) groups is 2. The number of Topliss-reactive ketones (excluding diaryl/α,β-unsaturated/α-hetero) is 1. The number of carbonyl (C=O) groups excluding carboxylic acids is 2. The predicted octanol–water partition coefficient (Wildman–Crippen LogP) is 2.15. The van der Waals surface area contributed by atoms with Gasteiger partial charge in [0.2, 0.25) is 0 Å². The number of rotatable bonds is 2. The maximum absolute atomic E-state index is 12.0. The van der Waals surface area contributed by atoms with Crippen LogP contribution in [0.5, 0.6) is 0 Å². The number of hydrogen-bond donors (Lipinski definition) is 0. The van der Waals surface area contributed by atoms with Gasteiger partial charge in [-0.05, 0) is 13.0 Å². The fourth-order valence-electron chi connectivity index (χ4n) is 1.65. The van der Waals surface area contributed by atoms with E-state index in [1.54, 1.807) is 13.0 Å². The molecule has 0 unspecified atom stereocenters. The van der Waals surface area contributed by atoms with Crippen LogP contribution in [-0.4, -0.2) is 24.1 Å². The molecule has 0 aromatic heterocycles. The quantitative estimate of drug-likeness (QED) is 0.583. The van der Waals surface area contributed by atoms with E-state index < -0.39 is 11.9 Å².